The first-order valence-electron chi connectivity index (χ1n) is 7.28. The van der Waals surface area contributed by atoms with Crippen molar-refractivity contribution in [1.29, 1.82) is 0 Å². The van der Waals surface area contributed by atoms with E-state index in [1.807, 2.05) is 33.9 Å². The molecular formula is C16H24FNO2. The molecule has 1 fully saturated rings. The van der Waals surface area contributed by atoms with Crippen LogP contribution in [0.3, 0.4) is 0 Å². The maximum absolute atomic E-state index is 14.1. The first-order valence-corrected chi connectivity index (χ1v) is 7.28. The van der Waals surface area contributed by atoms with E-state index in [1.54, 1.807) is 12.1 Å². The molecule has 4 heteroatoms. The van der Waals surface area contributed by atoms with Crippen molar-refractivity contribution in [2.45, 2.75) is 58.0 Å². The van der Waals surface area contributed by atoms with Crippen molar-refractivity contribution in [3.63, 3.8) is 0 Å². The van der Waals surface area contributed by atoms with Gasteiger partial charge in [0.05, 0.1) is 12.2 Å². The second-order valence-electron chi connectivity index (χ2n) is 5.67. The predicted molar refractivity (Wildman–Crippen MR) is 77.5 cm³/mol. The van der Waals surface area contributed by atoms with E-state index in [4.69, 9.17) is 9.47 Å². The van der Waals surface area contributed by atoms with Gasteiger partial charge in [0.2, 0.25) is 0 Å². The lowest BCUT2D eigenvalue weighted by Crippen LogP contribution is -2.35. The quantitative estimate of drug-likeness (QED) is 0.917. The highest BCUT2D eigenvalue weighted by Gasteiger charge is 2.26. The van der Waals surface area contributed by atoms with E-state index in [9.17, 15) is 4.39 Å². The summed E-state index contributed by atoms with van der Waals surface area (Å²) in [5.41, 5.74) is 0.922. The van der Waals surface area contributed by atoms with Gasteiger partial charge in [0.1, 0.15) is 6.10 Å². The van der Waals surface area contributed by atoms with Crippen LogP contribution in [0.2, 0.25) is 0 Å². The Morgan fingerprint density at radius 1 is 1.30 bits per heavy atom. The smallest absolute Gasteiger partial charge is 0.165 e. The van der Waals surface area contributed by atoms with Crippen LogP contribution in [0.4, 0.5) is 4.39 Å². The Hall–Kier alpha value is -1.13. The third kappa shape index (κ3) is 3.70. The largest absolute Gasteiger partial charge is 0.487 e. The van der Waals surface area contributed by atoms with E-state index in [0.717, 1.165) is 18.4 Å². The Bertz CT molecular complexity index is 442. The summed E-state index contributed by atoms with van der Waals surface area (Å²) in [7, 11) is 1.86. The number of nitrogens with one attached hydrogen (secondary N) is 1. The maximum atomic E-state index is 14.1. The molecule has 2 rings (SSSR count). The minimum Gasteiger partial charge on any atom is -0.487 e. The topological polar surface area (TPSA) is 30.5 Å². The van der Waals surface area contributed by atoms with Crippen LogP contribution in [0, 0.1) is 5.82 Å². The van der Waals surface area contributed by atoms with Crippen LogP contribution in [0.25, 0.3) is 0 Å². The predicted octanol–water partition coefficient (Wildman–Crippen LogP) is 3.44. The van der Waals surface area contributed by atoms with Crippen molar-refractivity contribution in [1.82, 2.24) is 5.32 Å². The second kappa shape index (κ2) is 6.55. The summed E-state index contributed by atoms with van der Waals surface area (Å²) in [6.07, 6.45) is 1.96. The minimum absolute atomic E-state index is 0.0239. The van der Waals surface area contributed by atoms with Crippen molar-refractivity contribution >= 4 is 0 Å². The third-order valence-corrected chi connectivity index (χ3v) is 3.84. The van der Waals surface area contributed by atoms with Gasteiger partial charge in [0.15, 0.2) is 11.6 Å². The Morgan fingerprint density at radius 3 is 2.50 bits per heavy atom. The van der Waals surface area contributed by atoms with E-state index in [0.29, 0.717) is 5.75 Å². The van der Waals surface area contributed by atoms with Gasteiger partial charge in [-0.1, -0.05) is 6.07 Å². The molecule has 0 radical (unpaired) electrons. The molecule has 0 amide bonds. The number of hydrogen-bond acceptors (Lipinski definition) is 3. The lowest BCUT2D eigenvalue weighted by molar-refractivity contribution is -0.0727. The Kier molecular flexibility index (Phi) is 5.00. The molecule has 0 aliphatic carbocycles. The molecule has 1 aromatic rings. The van der Waals surface area contributed by atoms with E-state index in [1.165, 1.54) is 0 Å². The molecule has 0 spiro atoms. The van der Waals surface area contributed by atoms with Crippen LogP contribution in [0.5, 0.6) is 5.75 Å². The van der Waals surface area contributed by atoms with Gasteiger partial charge in [0, 0.05) is 18.9 Å². The molecule has 3 atom stereocenters. The first-order chi connectivity index (χ1) is 9.49. The lowest BCUT2D eigenvalue weighted by atomic mass is 10.0. The number of rotatable bonds is 4. The van der Waals surface area contributed by atoms with Crippen molar-refractivity contribution in [3.8, 4) is 5.75 Å². The van der Waals surface area contributed by atoms with Crippen LogP contribution in [-0.2, 0) is 4.74 Å². The van der Waals surface area contributed by atoms with Crippen molar-refractivity contribution in [2.24, 2.45) is 0 Å². The summed E-state index contributed by atoms with van der Waals surface area (Å²) in [5, 5.41) is 3.10. The summed E-state index contributed by atoms with van der Waals surface area (Å²) in [4.78, 5) is 0. The van der Waals surface area contributed by atoms with Gasteiger partial charge in [0.25, 0.3) is 0 Å². The highest BCUT2D eigenvalue weighted by atomic mass is 19.1. The fourth-order valence-electron chi connectivity index (χ4n) is 2.67. The van der Waals surface area contributed by atoms with E-state index < -0.39 is 0 Å². The fourth-order valence-corrected chi connectivity index (χ4v) is 2.67. The van der Waals surface area contributed by atoms with Gasteiger partial charge in [-0.15, -0.1) is 0 Å². The van der Waals surface area contributed by atoms with Crippen LogP contribution in [0.15, 0.2) is 18.2 Å². The zero-order chi connectivity index (χ0) is 14.7. The van der Waals surface area contributed by atoms with Crippen LogP contribution in [0.1, 0.15) is 45.2 Å². The molecule has 3 unspecified atom stereocenters. The molecular weight excluding hydrogens is 257 g/mol. The Morgan fingerprint density at radius 2 is 1.95 bits per heavy atom. The van der Waals surface area contributed by atoms with Crippen molar-refractivity contribution < 1.29 is 13.9 Å². The highest BCUT2D eigenvalue weighted by molar-refractivity contribution is 5.31. The van der Waals surface area contributed by atoms with Crippen molar-refractivity contribution in [3.05, 3.63) is 29.6 Å². The standard InChI is InChI=1S/C16H24FNO2/c1-10-7-14(8-11(2)19-10)20-16-6-5-13(9-15(16)17)12(3)18-4/h5-6,9-12,14,18H,7-8H2,1-4H3. The molecule has 1 heterocycles. The fraction of sp³-hybridized carbons (Fsp3) is 0.625. The van der Waals surface area contributed by atoms with Gasteiger partial charge in [-0.25, -0.2) is 4.39 Å². The van der Waals surface area contributed by atoms with Gasteiger partial charge >= 0.3 is 0 Å². The van der Waals surface area contributed by atoms with Gasteiger partial charge in [-0.3, -0.25) is 0 Å². The van der Waals surface area contributed by atoms with Crippen molar-refractivity contribution in [2.75, 3.05) is 7.05 Å². The first kappa shape index (κ1) is 15.3. The SMILES string of the molecule is CNC(C)c1ccc(OC2CC(C)OC(C)C2)c(F)c1. The molecule has 20 heavy (non-hydrogen) atoms. The molecule has 1 saturated heterocycles. The molecule has 1 N–H and O–H groups in total. The van der Waals surface area contributed by atoms with Gasteiger partial charge in [-0.05, 0) is 45.5 Å². The highest BCUT2D eigenvalue weighted by Crippen LogP contribution is 2.27. The molecule has 1 aliphatic rings. The summed E-state index contributed by atoms with van der Waals surface area (Å²) >= 11 is 0. The van der Waals surface area contributed by atoms with Gasteiger partial charge in [-0.2, -0.15) is 0 Å². The third-order valence-electron chi connectivity index (χ3n) is 3.84. The average Bonchev–Trinajstić information content (AvgIpc) is 2.39. The zero-order valence-electron chi connectivity index (χ0n) is 12.7. The van der Waals surface area contributed by atoms with Crippen LogP contribution in [-0.4, -0.2) is 25.4 Å². The monoisotopic (exact) mass is 281 g/mol. The van der Waals surface area contributed by atoms with Gasteiger partial charge < -0.3 is 14.8 Å². The normalized spacial score (nSPS) is 28.1. The number of hydrogen-bond donors (Lipinski definition) is 1. The summed E-state index contributed by atoms with van der Waals surface area (Å²) in [5.74, 6) is 0.0414. The van der Waals surface area contributed by atoms with Crippen LogP contribution < -0.4 is 10.1 Å². The number of halogens is 1. The molecule has 0 aromatic heterocycles. The number of ether oxygens (including phenoxy) is 2. The molecule has 3 nitrogen and oxygen atoms in total. The summed E-state index contributed by atoms with van der Waals surface area (Å²) < 4.78 is 25.6. The second-order valence-corrected chi connectivity index (χ2v) is 5.67. The Labute approximate surface area is 120 Å². The zero-order valence-corrected chi connectivity index (χ0v) is 12.7. The average molecular weight is 281 g/mol. The van der Waals surface area contributed by atoms with E-state index in [2.05, 4.69) is 5.32 Å². The van der Waals surface area contributed by atoms with E-state index in [-0.39, 0.29) is 30.2 Å². The molecule has 0 saturated carbocycles. The molecule has 112 valence electrons. The maximum Gasteiger partial charge on any atom is 0.165 e. The summed E-state index contributed by atoms with van der Waals surface area (Å²) in [6.45, 7) is 6.05. The minimum atomic E-state index is -0.295. The Balaban J connectivity index is 2.06. The molecule has 1 aliphatic heterocycles. The molecule has 0 bridgehead atoms. The molecule has 1 aromatic carbocycles. The van der Waals surface area contributed by atoms with E-state index >= 15 is 0 Å². The van der Waals surface area contributed by atoms with Crippen LogP contribution >= 0.6 is 0 Å². The summed E-state index contributed by atoms with van der Waals surface area (Å²) in [6, 6.07) is 5.30. The lowest BCUT2D eigenvalue weighted by Gasteiger charge is -2.32. The number of benzene rings is 1.